The molecule has 0 fully saturated rings. The molecule has 29 heavy (non-hydrogen) atoms. The summed E-state index contributed by atoms with van der Waals surface area (Å²) in [6, 6.07) is 11.0. The smallest absolute Gasteiger partial charge is 0.240 e. The zero-order valence-electron chi connectivity index (χ0n) is 16.3. The Hall–Kier alpha value is -2.13. The number of amides is 1. The Bertz CT molecular complexity index is 935. The van der Waals surface area contributed by atoms with Gasteiger partial charge in [-0.3, -0.25) is 9.10 Å². The van der Waals surface area contributed by atoms with Crippen molar-refractivity contribution < 1.29 is 22.0 Å². The molecule has 0 heterocycles. The van der Waals surface area contributed by atoms with Crippen molar-refractivity contribution in [1.29, 1.82) is 0 Å². The first-order valence-corrected chi connectivity index (χ1v) is 12.0. The first kappa shape index (κ1) is 23.2. The van der Waals surface area contributed by atoms with Crippen LogP contribution in [-0.2, 0) is 20.6 Å². The van der Waals surface area contributed by atoms with Crippen LogP contribution in [-0.4, -0.2) is 39.4 Å². The molecule has 0 atom stereocenters. The number of carbonyl (C=O) groups excluding carboxylic acids is 1. The molecule has 0 saturated heterocycles. The molecule has 0 aromatic heterocycles. The lowest BCUT2D eigenvalue weighted by Crippen LogP contribution is -2.40. The molecule has 0 bridgehead atoms. The molecular weight excluding hydrogens is 418 g/mol. The van der Waals surface area contributed by atoms with Crippen molar-refractivity contribution >= 4 is 33.4 Å². The molecule has 5 nitrogen and oxygen atoms in total. The monoisotopic (exact) mass is 442 g/mol. The second kappa shape index (κ2) is 10.6. The van der Waals surface area contributed by atoms with Gasteiger partial charge in [-0.25, -0.2) is 17.2 Å². The maximum atomic E-state index is 13.4. The van der Waals surface area contributed by atoms with Crippen LogP contribution in [0.5, 0.6) is 0 Å². The number of thioether (sulfide) groups is 1. The third kappa shape index (κ3) is 7.66. The van der Waals surface area contributed by atoms with Crippen LogP contribution in [0.4, 0.5) is 14.5 Å². The van der Waals surface area contributed by atoms with Crippen molar-refractivity contribution in [3.63, 3.8) is 0 Å². The van der Waals surface area contributed by atoms with Crippen molar-refractivity contribution in [1.82, 2.24) is 5.32 Å². The number of nitrogens with one attached hydrogen (secondary N) is 1. The van der Waals surface area contributed by atoms with E-state index in [9.17, 15) is 22.0 Å². The molecular formula is C20H24F2N2O3S2. The Labute approximate surface area is 174 Å². The van der Waals surface area contributed by atoms with Crippen LogP contribution in [0.3, 0.4) is 0 Å². The maximum absolute atomic E-state index is 13.4. The average molecular weight is 443 g/mol. The molecule has 2 aromatic carbocycles. The number of benzene rings is 2. The summed E-state index contributed by atoms with van der Waals surface area (Å²) in [5.74, 6) is -1.06. The second-order valence-corrected chi connectivity index (χ2v) is 9.62. The molecule has 0 radical (unpaired) electrons. The maximum Gasteiger partial charge on any atom is 0.240 e. The van der Waals surface area contributed by atoms with Gasteiger partial charge >= 0.3 is 0 Å². The first-order valence-electron chi connectivity index (χ1n) is 8.99. The molecule has 158 valence electrons. The van der Waals surface area contributed by atoms with E-state index in [1.807, 2.05) is 6.92 Å². The van der Waals surface area contributed by atoms with Gasteiger partial charge in [-0.2, -0.15) is 11.8 Å². The molecule has 2 aromatic rings. The highest BCUT2D eigenvalue weighted by atomic mass is 32.2. The summed E-state index contributed by atoms with van der Waals surface area (Å²) in [7, 11) is -3.84. The van der Waals surface area contributed by atoms with Gasteiger partial charge in [0.15, 0.2) is 11.6 Å². The highest BCUT2D eigenvalue weighted by Gasteiger charge is 2.21. The van der Waals surface area contributed by atoms with E-state index >= 15 is 0 Å². The van der Waals surface area contributed by atoms with Crippen molar-refractivity contribution in [2.45, 2.75) is 19.1 Å². The lowest BCUT2D eigenvalue weighted by molar-refractivity contribution is -0.119. The minimum Gasteiger partial charge on any atom is -0.354 e. The van der Waals surface area contributed by atoms with E-state index in [0.29, 0.717) is 6.54 Å². The summed E-state index contributed by atoms with van der Waals surface area (Å²) in [4.78, 5) is 12.1. The van der Waals surface area contributed by atoms with Crippen LogP contribution in [0, 0.1) is 18.6 Å². The van der Waals surface area contributed by atoms with E-state index in [1.165, 1.54) is 11.1 Å². The van der Waals surface area contributed by atoms with Gasteiger partial charge in [0.25, 0.3) is 0 Å². The van der Waals surface area contributed by atoms with Gasteiger partial charge < -0.3 is 5.32 Å². The quantitative estimate of drug-likeness (QED) is 0.572. The lowest BCUT2D eigenvalue weighted by Gasteiger charge is -2.22. The molecule has 0 unspecified atom stereocenters. The zero-order chi connectivity index (χ0) is 21.4. The van der Waals surface area contributed by atoms with Gasteiger partial charge in [-0.05, 0) is 36.8 Å². The fourth-order valence-electron chi connectivity index (χ4n) is 2.50. The summed E-state index contributed by atoms with van der Waals surface area (Å²) in [5.41, 5.74) is 2.35. The minimum atomic E-state index is -3.84. The standard InChI is InChI=1S/C20H24F2N2O3S2/c1-15-4-6-16(7-5-15)14-28-11-3-10-23-20(25)13-24(29(2,26)27)17-8-9-18(21)19(22)12-17/h4-9,12H,3,10-11,13-14H2,1-2H3,(H,23,25). The fraction of sp³-hybridized carbons (Fsp3) is 0.350. The molecule has 9 heteroatoms. The Morgan fingerprint density at radius 2 is 1.79 bits per heavy atom. The van der Waals surface area contributed by atoms with E-state index in [-0.39, 0.29) is 5.69 Å². The molecule has 0 spiro atoms. The first-order chi connectivity index (χ1) is 13.7. The third-order valence-electron chi connectivity index (χ3n) is 4.06. The van der Waals surface area contributed by atoms with Gasteiger partial charge in [0, 0.05) is 18.4 Å². The van der Waals surface area contributed by atoms with Gasteiger partial charge in [0.1, 0.15) is 6.54 Å². The van der Waals surface area contributed by atoms with Crippen LogP contribution < -0.4 is 9.62 Å². The van der Waals surface area contributed by atoms with Crippen LogP contribution >= 0.6 is 11.8 Å². The molecule has 1 N–H and O–H groups in total. The summed E-state index contributed by atoms with van der Waals surface area (Å²) >= 11 is 1.75. The number of rotatable bonds is 10. The molecule has 0 saturated carbocycles. The van der Waals surface area contributed by atoms with Gasteiger partial charge in [-0.15, -0.1) is 0 Å². The number of hydrogen-bond donors (Lipinski definition) is 1. The third-order valence-corrected chi connectivity index (χ3v) is 6.31. The molecule has 0 aliphatic carbocycles. The predicted octanol–water partition coefficient (Wildman–Crippen LogP) is 3.48. The predicted molar refractivity (Wildman–Crippen MR) is 114 cm³/mol. The number of hydrogen-bond acceptors (Lipinski definition) is 4. The van der Waals surface area contributed by atoms with Crippen LogP contribution in [0.2, 0.25) is 0 Å². The number of halogens is 2. The van der Waals surface area contributed by atoms with Crippen LogP contribution in [0.1, 0.15) is 17.5 Å². The SMILES string of the molecule is Cc1ccc(CSCCCNC(=O)CN(c2ccc(F)c(F)c2)S(C)(=O)=O)cc1. The van der Waals surface area contributed by atoms with Crippen molar-refractivity contribution in [3.05, 3.63) is 65.2 Å². The van der Waals surface area contributed by atoms with Crippen LogP contribution in [0.15, 0.2) is 42.5 Å². The molecule has 0 aliphatic heterocycles. The van der Waals surface area contributed by atoms with Crippen molar-refractivity contribution in [2.75, 3.05) is 29.4 Å². The van der Waals surface area contributed by atoms with Gasteiger partial charge in [-0.1, -0.05) is 29.8 Å². The van der Waals surface area contributed by atoms with E-state index in [2.05, 4.69) is 29.6 Å². The van der Waals surface area contributed by atoms with Crippen molar-refractivity contribution in [2.24, 2.45) is 0 Å². The normalized spacial score (nSPS) is 11.3. The summed E-state index contributed by atoms with van der Waals surface area (Å²) < 4.78 is 51.2. The van der Waals surface area contributed by atoms with E-state index < -0.39 is 34.1 Å². The zero-order valence-corrected chi connectivity index (χ0v) is 18.0. The number of nitrogens with zero attached hydrogens (tertiary/aromatic N) is 1. The Morgan fingerprint density at radius 1 is 1.10 bits per heavy atom. The Balaban J connectivity index is 1.78. The number of carbonyl (C=O) groups is 1. The van der Waals surface area contributed by atoms with Crippen molar-refractivity contribution in [3.8, 4) is 0 Å². The van der Waals surface area contributed by atoms with Gasteiger partial charge in [0.2, 0.25) is 15.9 Å². The second-order valence-electron chi connectivity index (χ2n) is 6.61. The lowest BCUT2D eigenvalue weighted by atomic mass is 10.2. The number of aryl methyl sites for hydroxylation is 1. The average Bonchev–Trinajstić information content (AvgIpc) is 2.65. The summed E-state index contributed by atoms with van der Waals surface area (Å²) in [5, 5.41) is 2.66. The Kier molecular flexibility index (Phi) is 8.45. The number of sulfonamides is 1. The number of anilines is 1. The summed E-state index contributed by atoms with van der Waals surface area (Å²) in [6.45, 7) is 1.94. The summed E-state index contributed by atoms with van der Waals surface area (Å²) in [6.07, 6.45) is 1.63. The molecule has 1 amide bonds. The van der Waals surface area contributed by atoms with E-state index in [1.54, 1.807) is 11.8 Å². The molecule has 0 aliphatic rings. The van der Waals surface area contributed by atoms with Crippen LogP contribution in [0.25, 0.3) is 0 Å². The topological polar surface area (TPSA) is 66.5 Å². The Morgan fingerprint density at radius 3 is 2.41 bits per heavy atom. The largest absolute Gasteiger partial charge is 0.354 e. The minimum absolute atomic E-state index is 0.102. The van der Waals surface area contributed by atoms with E-state index in [0.717, 1.165) is 46.7 Å². The molecule has 2 rings (SSSR count). The fourth-order valence-corrected chi connectivity index (χ4v) is 4.27. The van der Waals surface area contributed by atoms with E-state index in [4.69, 9.17) is 0 Å². The highest BCUT2D eigenvalue weighted by molar-refractivity contribution is 7.98. The van der Waals surface area contributed by atoms with Gasteiger partial charge in [0.05, 0.1) is 11.9 Å². The highest BCUT2D eigenvalue weighted by Crippen LogP contribution is 2.20.